The molecule has 0 aliphatic heterocycles. The van der Waals surface area contributed by atoms with Crippen LogP contribution in [0.5, 0.6) is 0 Å². The molecule has 1 N–H and O–H groups in total. The van der Waals surface area contributed by atoms with E-state index in [2.05, 4.69) is 17.2 Å². The first-order valence-corrected chi connectivity index (χ1v) is 5.89. The van der Waals surface area contributed by atoms with Crippen LogP contribution in [0.1, 0.15) is 19.8 Å². The number of benzene rings is 1. The molecule has 0 saturated heterocycles. The van der Waals surface area contributed by atoms with E-state index in [0.717, 1.165) is 23.9 Å². The van der Waals surface area contributed by atoms with Crippen LogP contribution >= 0.6 is 0 Å². The topological polar surface area (TPSA) is 68.1 Å². The van der Waals surface area contributed by atoms with E-state index in [-0.39, 0.29) is 11.2 Å². The quantitative estimate of drug-likeness (QED) is 0.664. The molecule has 92 valence electrons. The summed E-state index contributed by atoms with van der Waals surface area (Å²) in [6.07, 6.45) is 3.88. The van der Waals surface area contributed by atoms with Crippen LogP contribution in [0.25, 0.3) is 10.9 Å². The first-order valence-electron chi connectivity index (χ1n) is 5.89. The molecule has 3 rings (SSSR count). The smallest absolute Gasteiger partial charge is 0.295 e. The highest BCUT2D eigenvalue weighted by Gasteiger charge is 2.37. The minimum absolute atomic E-state index is 0.0529. The van der Waals surface area contributed by atoms with Gasteiger partial charge in [-0.15, -0.1) is 0 Å². The number of rotatable bonds is 3. The number of hydrogen-bond donors (Lipinski definition) is 1. The number of aromatic nitrogens is 1. The zero-order chi connectivity index (χ0) is 12.8. The van der Waals surface area contributed by atoms with Gasteiger partial charge in [-0.25, -0.2) is 4.98 Å². The number of anilines is 1. The number of nitro benzene ring substituents is 1. The van der Waals surface area contributed by atoms with E-state index in [9.17, 15) is 10.1 Å². The number of para-hydroxylation sites is 1. The molecule has 1 fully saturated rings. The van der Waals surface area contributed by atoms with E-state index in [0.29, 0.717) is 5.52 Å². The molecule has 1 saturated carbocycles. The molecule has 1 aliphatic carbocycles. The molecule has 0 spiro atoms. The predicted molar refractivity (Wildman–Crippen MR) is 69.7 cm³/mol. The molecule has 0 bridgehead atoms. The Hall–Kier alpha value is -2.17. The maximum atomic E-state index is 11.0. The maximum absolute atomic E-state index is 11.0. The highest BCUT2D eigenvalue weighted by Crippen LogP contribution is 2.40. The van der Waals surface area contributed by atoms with Crippen LogP contribution in [0.2, 0.25) is 0 Å². The minimum atomic E-state index is -0.391. The van der Waals surface area contributed by atoms with Crippen molar-refractivity contribution in [2.75, 3.05) is 5.32 Å². The van der Waals surface area contributed by atoms with Gasteiger partial charge in [0.15, 0.2) is 0 Å². The van der Waals surface area contributed by atoms with Gasteiger partial charge in [0, 0.05) is 28.9 Å². The highest BCUT2D eigenvalue weighted by atomic mass is 16.6. The predicted octanol–water partition coefficient (Wildman–Crippen LogP) is 3.11. The number of hydrogen-bond acceptors (Lipinski definition) is 4. The van der Waals surface area contributed by atoms with Gasteiger partial charge in [0.1, 0.15) is 5.52 Å². The Labute approximate surface area is 104 Å². The Morgan fingerprint density at radius 3 is 2.83 bits per heavy atom. The van der Waals surface area contributed by atoms with Crippen molar-refractivity contribution in [3.8, 4) is 0 Å². The zero-order valence-corrected chi connectivity index (χ0v) is 10.0. The summed E-state index contributed by atoms with van der Waals surface area (Å²) >= 11 is 0. The van der Waals surface area contributed by atoms with E-state index in [1.807, 2.05) is 12.1 Å². The van der Waals surface area contributed by atoms with E-state index in [4.69, 9.17) is 0 Å². The van der Waals surface area contributed by atoms with Crippen molar-refractivity contribution in [1.82, 2.24) is 4.98 Å². The van der Waals surface area contributed by atoms with Crippen LogP contribution in [0, 0.1) is 10.1 Å². The molecule has 0 radical (unpaired) electrons. The summed E-state index contributed by atoms with van der Waals surface area (Å²) < 4.78 is 0. The summed E-state index contributed by atoms with van der Waals surface area (Å²) in [5.74, 6) is 0. The van der Waals surface area contributed by atoms with Crippen LogP contribution < -0.4 is 5.32 Å². The fourth-order valence-corrected chi connectivity index (χ4v) is 2.05. The molecule has 0 atom stereocenters. The lowest BCUT2D eigenvalue weighted by Gasteiger charge is -2.14. The molecule has 5 nitrogen and oxygen atoms in total. The largest absolute Gasteiger partial charge is 0.379 e. The van der Waals surface area contributed by atoms with Crippen LogP contribution in [0.4, 0.5) is 11.4 Å². The van der Waals surface area contributed by atoms with Gasteiger partial charge in [0.25, 0.3) is 5.69 Å². The molecule has 2 aromatic rings. The van der Waals surface area contributed by atoms with Gasteiger partial charge in [-0.05, 0) is 25.8 Å². The number of nitrogens with zero attached hydrogens (tertiary/aromatic N) is 2. The highest BCUT2D eigenvalue weighted by molar-refractivity contribution is 5.96. The molecule has 1 aromatic carbocycles. The average molecular weight is 243 g/mol. The lowest BCUT2D eigenvalue weighted by molar-refractivity contribution is -0.383. The molecule has 1 heterocycles. The molecule has 1 aromatic heterocycles. The van der Waals surface area contributed by atoms with E-state index >= 15 is 0 Å². The Bertz CT molecular complexity index is 635. The van der Waals surface area contributed by atoms with Crippen molar-refractivity contribution in [3.63, 3.8) is 0 Å². The second kappa shape index (κ2) is 3.66. The number of nitro groups is 1. The summed E-state index contributed by atoms with van der Waals surface area (Å²) in [7, 11) is 0. The summed E-state index contributed by atoms with van der Waals surface area (Å²) in [4.78, 5) is 14.7. The Kier molecular flexibility index (Phi) is 2.23. The molecule has 5 heteroatoms. The van der Waals surface area contributed by atoms with E-state index in [1.54, 1.807) is 12.3 Å². The number of nitrogens with one attached hydrogen (secondary N) is 1. The third kappa shape index (κ3) is 1.77. The molecular formula is C13H13N3O2. The van der Waals surface area contributed by atoms with Gasteiger partial charge >= 0.3 is 0 Å². The van der Waals surface area contributed by atoms with Crippen LogP contribution in [-0.2, 0) is 0 Å². The summed E-state index contributed by atoms with van der Waals surface area (Å²) in [5.41, 5.74) is 1.55. The lowest BCUT2D eigenvalue weighted by Crippen LogP contribution is -2.16. The second-order valence-corrected chi connectivity index (χ2v) is 4.97. The van der Waals surface area contributed by atoms with Crippen molar-refractivity contribution < 1.29 is 4.92 Å². The lowest BCUT2D eigenvalue weighted by atomic mass is 10.1. The van der Waals surface area contributed by atoms with Crippen molar-refractivity contribution in [2.24, 2.45) is 0 Å². The van der Waals surface area contributed by atoms with Crippen molar-refractivity contribution in [1.29, 1.82) is 0 Å². The second-order valence-electron chi connectivity index (χ2n) is 4.97. The monoisotopic (exact) mass is 243 g/mol. The Morgan fingerprint density at radius 2 is 2.17 bits per heavy atom. The minimum Gasteiger partial charge on any atom is -0.379 e. The maximum Gasteiger partial charge on any atom is 0.295 e. The third-order valence-electron chi connectivity index (χ3n) is 3.38. The first kappa shape index (κ1) is 11.0. The summed E-state index contributed by atoms with van der Waals surface area (Å²) in [6.45, 7) is 2.15. The van der Waals surface area contributed by atoms with Gasteiger partial charge in [-0.2, -0.15) is 0 Å². The molecular weight excluding hydrogens is 230 g/mol. The number of pyridine rings is 1. The zero-order valence-electron chi connectivity index (χ0n) is 10.0. The fourth-order valence-electron chi connectivity index (χ4n) is 2.05. The van der Waals surface area contributed by atoms with Crippen LogP contribution in [0.3, 0.4) is 0 Å². The van der Waals surface area contributed by atoms with Gasteiger partial charge in [-0.3, -0.25) is 10.1 Å². The van der Waals surface area contributed by atoms with Crippen LogP contribution in [0.15, 0.2) is 30.5 Å². The fraction of sp³-hybridized carbons (Fsp3) is 0.308. The van der Waals surface area contributed by atoms with Gasteiger partial charge in [0.2, 0.25) is 0 Å². The first-order chi connectivity index (χ1) is 8.59. The molecule has 1 aliphatic rings. The van der Waals surface area contributed by atoms with Gasteiger partial charge in [-0.1, -0.05) is 12.1 Å². The van der Waals surface area contributed by atoms with Crippen molar-refractivity contribution in [3.05, 3.63) is 40.6 Å². The average Bonchev–Trinajstić information content (AvgIpc) is 3.06. The number of non-ortho nitro benzene ring substituents is 1. The molecule has 0 amide bonds. The Morgan fingerprint density at radius 1 is 1.39 bits per heavy atom. The SMILES string of the molecule is CC1(Nc2ccnc3c([N+](=O)[O-])cccc23)CC1. The summed E-state index contributed by atoms with van der Waals surface area (Å²) in [6, 6.07) is 6.92. The number of fused-ring (bicyclic) bond motifs is 1. The molecule has 18 heavy (non-hydrogen) atoms. The van der Waals surface area contributed by atoms with Crippen LogP contribution in [-0.4, -0.2) is 15.4 Å². The summed E-state index contributed by atoms with van der Waals surface area (Å²) in [5, 5.41) is 15.2. The Balaban J connectivity index is 2.16. The standard InChI is InChI=1S/C13H13N3O2/c1-13(6-7-13)15-10-5-8-14-12-9(10)3-2-4-11(12)16(17)18/h2-5,8H,6-7H2,1H3,(H,14,15). The van der Waals surface area contributed by atoms with E-state index in [1.165, 1.54) is 6.07 Å². The van der Waals surface area contributed by atoms with Gasteiger partial charge < -0.3 is 5.32 Å². The van der Waals surface area contributed by atoms with Crippen molar-refractivity contribution in [2.45, 2.75) is 25.3 Å². The van der Waals surface area contributed by atoms with E-state index < -0.39 is 4.92 Å². The normalized spacial score (nSPS) is 16.5. The molecule has 0 unspecified atom stereocenters. The van der Waals surface area contributed by atoms with Gasteiger partial charge in [0.05, 0.1) is 4.92 Å². The van der Waals surface area contributed by atoms with Crippen molar-refractivity contribution >= 4 is 22.3 Å². The third-order valence-corrected chi connectivity index (χ3v) is 3.38.